The number of carbonyl (C=O) groups excluding carboxylic acids is 2. The van der Waals surface area contributed by atoms with Crippen molar-refractivity contribution >= 4 is 51.8 Å². The fourth-order valence-corrected chi connectivity index (χ4v) is 8.08. The minimum absolute atomic E-state index is 0.423. The third-order valence-electron chi connectivity index (χ3n) is 7.81. The molecule has 0 unspecified atom stereocenters. The molecule has 6 rings (SSSR count). The molecule has 4 atom stereocenters. The van der Waals surface area contributed by atoms with E-state index in [4.69, 9.17) is 32.7 Å². The summed E-state index contributed by atoms with van der Waals surface area (Å²) in [4.78, 5) is 26.2. The van der Waals surface area contributed by atoms with E-state index in [0.29, 0.717) is 16.8 Å². The van der Waals surface area contributed by atoms with E-state index in [9.17, 15) is 9.59 Å². The Bertz CT molecular complexity index is 1310. The van der Waals surface area contributed by atoms with Gasteiger partial charge in [-0.25, -0.2) is 4.90 Å². The van der Waals surface area contributed by atoms with Crippen molar-refractivity contribution in [2.45, 2.75) is 15.5 Å². The first-order valence-electron chi connectivity index (χ1n) is 11.7. The van der Waals surface area contributed by atoms with Gasteiger partial charge < -0.3 is 9.47 Å². The van der Waals surface area contributed by atoms with Gasteiger partial charge in [-0.15, -0.1) is 23.2 Å². The number of anilines is 1. The van der Waals surface area contributed by atoms with Crippen LogP contribution in [0, 0.1) is 11.8 Å². The van der Waals surface area contributed by atoms with E-state index in [-0.39, 0.29) is 0 Å². The van der Waals surface area contributed by atoms with E-state index >= 15 is 0 Å². The first kappa shape index (κ1) is 23.4. The normalized spacial score (nSPS) is 30.3. The number of alkyl halides is 2. The summed E-state index contributed by atoms with van der Waals surface area (Å²) in [5, 5.41) is 0. The van der Waals surface area contributed by atoms with Crippen molar-refractivity contribution in [2.24, 2.45) is 11.8 Å². The number of halogens is 2. The SMILES string of the molecule is COC1(OC)[C@@]2(Cl)C(c3ccccc3)=C(c3ccccc3)[C@@]1(Cl)[C@H]1C(=O)N(c3ccccc3)C(=O)[C@@H]12. The van der Waals surface area contributed by atoms with Crippen molar-refractivity contribution in [3.8, 4) is 0 Å². The Hall–Kier alpha value is -2.96. The summed E-state index contributed by atoms with van der Waals surface area (Å²) >= 11 is 15.4. The van der Waals surface area contributed by atoms with Crippen molar-refractivity contribution in [1.29, 1.82) is 0 Å². The second-order valence-electron chi connectivity index (χ2n) is 9.23. The maximum Gasteiger partial charge on any atom is 0.240 e. The van der Waals surface area contributed by atoms with Crippen LogP contribution in [0.5, 0.6) is 0 Å². The van der Waals surface area contributed by atoms with Gasteiger partial charge in [-0.05, 0) is 34.4 Å². The van der Waals surface area contributed by atoms with Gasteiger partial charge in [-0.1, -0.05) is 78.9 Å². The van der Waals surface area contributed by atoms with Gasteiger partial charge in [0.25, 0.3) is 0 Å². The minimum atomic E-state index is -1.69. The number of rotatable bonds is 5. The summed E-state index contributed by atoms with van der Waals surface area (Å²) in [5.41, 5.74) is 3.30. The van der Waals surface area contributed by atoms with Gasteiger partial charge in [-0.3, -0.25) is 9.59 Å². The monoisotopic (exact) mass is 519 g/mol. The molecular formula is C29H23Cl2NO4. The van der Waals surface area contributed by atoms with E-state index in [0.717, 1.165) is 11.1 Å². The topological polar surface area (TPSA) is 55.8 Å². The average Bonchev–Trinajstić information content (AvgIpc) is 3.36. The van der Waals surface area contributed by atoms with Crippen molar-refractivity contribution in [3.63, 3.8) is 0 Å². The summed E-state index contributed by atoms with van der Waals surface area (Å²) in [6, 6.07) is 27.9. The lowest BCUT2D eigenvalue weighted by Crippen LogP contribution is -2.60. The number of nitrogens with zero attached hydrogens (tertiary/aromatic N) is 1. The molecule has 2 aliphatic carbocycles. The molecule has 1 saturated carbocycles. The summed E-state index contributed by atoms with van der Waals surface area (Å²) in [6.45, 7) is 0. The summed E-state index contributed by atoms with van der Waals surface area (Å²) < 4.78 is 12.1. The molecule has 36 heavy (non-hydrogen) atoms. The highest BCUT2D eigenvalue weighted by Gasteiger charge is 2.89. The lowest BCUT2D eigenvalue weighted by atomic mass is 9.72. The second-order valence-corrected chi connectivity index (χ2v) is 10.4. The van der Waals surface area contributed by atoms with Crippen molar-refractivity contribution < 1.29 is 19.1 Å². The average molecular weight is 520 g/mol. The van der Waals surface area contributed by atoms with Crippen molar-refractivity contribution in [2.75, 3.05) is 19.1 Å². The van der Waals surface area contributed by atoms with Gasteiger partial charge in [0.05, 0.1) is 17.5 Å². The number of methoxy groups -OCH3 is 2. The largest absolute Gasteiger partial charge is 0.350 e. The van der Waals surface area contributed by atoms with Crippen LogP contribution in [0.1, 0.15) is 11.1 Å². The number of ether oxygens (including phenoxy) is 2. The van der Waals surface area contributed by atoms with Gasteiger partial charge in [0.15, 0.2) is 0 Å². The number of amides is 2. The molecule has 7 heteroatoms. The first-order chi connectivity index (χ1) is 17.4. The molecule has 1 heterocycles. The molecule has 2 bridgehead atoms. The lowest BCUT2D eigenvalue weighted by Gasteiger charge is -2.43. The molecule has 3 aromatic rings. The number of imide groups is 1. The Labute approximate surface area is 219 Å². The maximum atomic E-state index is 14.1. The summed E-state index contributed by atoms with van der Waals surface area (Å²) in [7, 11) is 2.92. The first-order valence-corrected chi connectivity index (χ1v) is 12.4. The molecule has 1 aliphatic heterocycles. The molecule has 0 N–H and O–H groups in total. The summed E-state index contributed by atoms with van der Waals surface area (Å²) in [5.74, 6) is -4.55. The molecule has 3 aromatic carbocycles. The third kappa shape index (κ3) is 2.54. The van der Waals surface area contributed by atoms with Crippen molar-refractivity contribution in [3.05, 3.63) is 102 Å². The molecule has 1 saturated heterocycles. The quantitative estimate of drug-likeness (QED) is 0.258. The molecule has 2 fully saturated rings. The second kappa shape index (κ2) is 8.02. The van der Waals surface area contributed by atoms with E-state index in [1.165, 1.54) is 19.1 Å². The van der Waals surface area contributed by atoms with Gasteiger partial charge in [-0.2, -0.15) is 0 Å². The zero-order chi connectivity index (χ0) is 25.3. The molecule has 3 aliphatic rings. The van der Waals surface area contributed by atoms with Crippen LogP contribution < -0.4 is 4.90 Å². The highest BCUT2D eigenvalue weighted by molar-refractivity contribution is 6.48. The van der Waals surface area contributed by atoms with Crippen LogP contribution in [-0.4, -0.2) is 41.6 Å². The minimum Gasteiger partial charge on any atom is -0.350 e. The summed E-state index contributed by atoms with van der Waals surface area (Å²) in [6.07, 6.45) is 0. The van der Waals surface area contributed by atoms with Crippen LogP contribution in [0.4, 0.5) is 5.69 Å². The third-order valence-corrected chi connectivity index (χ3v) is 9.16. The molecule has 2 amide bonds. The highest BCUT2D eigenvalue weighted by Crippen LogP contribution is 2.77. The number of carbonyl (C=O) groups is 2. The number of benzene rings is 3. The van der Waals surface area contributed by atoms with E-state index in [2.05, 4.69) is 0 Å². The Kier molecular flexibility index (Phi) is 5.22. The standard InChI is InChI=1S/C29H23Cl2NO4/c1-35-29(36-2)27(30)21(18-12-6-3-7-13-18)22(19-14-8-4-9-15-19)28(29,31)24-23(27)25(33)32(26(24)34)20-16-10-5-11-17-20/h3-17,23-24H,1-2H3/t23-,24-,27-,28-/m1/s1. The van der Waals surface area contributed by atoms with Crippen LogP contribution in [0.25, 0.3) is 11.1 Å². The smallest absolute Gasteiger partial charge is 0.240 e. The van der Waals surface area contributed by atoms with E-state index in [1.807, 2.05) is 66.7 Å². The molecule has 0 radical (unpaired) electrons. The van der Waals surface area contributed by atoms with E-state index in [1.54, 1.807) is 24.3 Å². The fourth-order valence-electron chi connectivity index (χ4n) is 6.58. The Balaban J connectivity index is 1.70. The number of fused-ring (bicyclic) bond motifs is 5. The van der Waals surface area contributed by atoms with Gasteiger partial charge in [0.2, 0.25) is 17.6 Å². The molecule has 5 nitrogen and oxygen atoms in total. The molecule has 0 aromatic heterocycles. The Morgan fingerprint density at radius 2 is 1.00 bits per heavy atom. The predicted molar refractivity (Wildman–Crippen MR) is 140 cm³/mol. The van der Waals surface area contributed by atoms with Crippen LogP contribution in [0.2, 0.25) is 0 Å². The van der Waals surface area contributed by atoms with Crippen molar-refractivity contribution in [1.82, 2.24) is 0 Å². The fraction of sp³-hybridized carbons (Fsp3) is 0.241. The van der Waals surface area contributed by atoms with Gasteiger partial charge in [0.1, 0.15) is 9.75 Å². The molecule has 182 valence electrons. The number of hydrogen-bond acceptors (Lipinski definition) is 4. The maximum absolute atomic E-state index is 14.1. The zero-order valence-electron chi connectivity index (χ0n) is 19.7. The van der Waals surface area contributed by atoms with Crippen LogP contribution in [-0.2, 0) is 19.1 Å². The van der Waals surface area contributed by atoms with Crippen LogP contribution in [0.3, 0.4) is 0 Å². The number of para-hydroxylation sites is 1. The van der Waals surface area contributed by atoms with Crippen LogP contribution in [0.15, 0.2) is 91.0 Å². The Morgan fingerprint density at radius 3 is 1.36 bits per heavy atom. The number of hydrogen-bond donors (Lipinski definition) is 0. The van der Waals surface area contributed by atoms with E-state index < -0.39 is 39.2 Å². The highest BCUT2D eigenvalue weighted by atomic mass is 35.5. The van der Waals surface area contributed by atoms with Crippen LogP contribution >= 0.6 is 23.2 Å². The molecule has 0 spiro atoms. The molecular weight excluding hydrogens is 497 g/mol. The zero-order valence-corrected chi connectivity index (χ0v) is 21.2. The van der Waals surface area contributed by atoms with Gasteiger partial charge >= 0.3 is 0 Å². The Morgan fingerprint density at radius 1 is 0.639 bits per heavy atom. The van der Waals surface area contributed by atoms with Gasteiger partial charge in [0, 0.05) is 14.2 Å². The predicted octanol–water partition coefficient (Wildman–Crippen LogP) is 5.37. The lowest BCUT2D eigenvalue weighted by molar-refractivity contribution is -0.217.